The van der Waals surface area contributed by atoms with E-state index in [4.69, 9.17) is 22.1 Å². The van der Waals surface area contributed by atoms with Crippen molar-refractivity contribution in [2.75, 3.05) is 37.3 Å². The van der Waals surface area contributed by atoms with Crippen LogP contribution in [-0.2, 0) is 0 Å². The Labute approximate surface area is 181 Å². The molecular formula is C23H25ClN4O2. The smallest absolute Gasteiger partial charge is 0.258 e. The highest BCUT2D eigenvalue weighted by Gasteiger charge is 2.15. The molecule has 0 unspecified atom stereocenters. The number of amides is 1. The molecule has 0 saturated carbocycles. The lowest BCUT2D eigenvalue weighted by Gasteiger charge is -2.26. The van der Waals surface area contributed by atoms with Crippen molar-refractivity contribution in [2.24, 2.45) is 0 Å². The van der Waals surface area contributed by atoms with Gasteiger partial charge in [-0.1, -0.05) is 36.2 Å². The van der Waals surface area contributed by atoms with E-state index in [1.54, 1.807) is 18.2 Å². The van der Waals surface area contributed by atoms with Crippen molar-refractivity contribution >= 4 is 39.8 Å². The van der Waals surface area contributed by atoms with Crippen molar-refractivity contribution < 1.29 is 9.53 Å². The Morgan fingerprint density at radius 1 is 1.13 bits per heavy atom. The first-order chi connectivity index (χ1) is 14.6. The SMILES string of the molecule is Nc1cc(OCCN2CCCCC2)ccc1NC(=O)c1cc2ccccc2nc1Cl. The zero-order valence-corrected chi connectivity index (χ0v) is 17.5. The molecule has 0 bridgehead atoms. The van der Waals surface area contributed by atoms with Crippen molar-refractivity contribution in [3.8, 4) is 5.75 Å². The van der Waals surface area contributed by atoms with E-state index in [1.165, 1.54) is 19.3 Å². The molecule has 0 atom stereocenters. The molecule has 0 radical (unpaired) electrons. The number of carbonyl (C=O) groups excluding carboxylic acids is 1. The Bertz CT molecular complexity index is 1050. The van der Waals surface area contributed by atoms with Crippen molar-refractivity contribution in [3.05, 3.63) is 59.2 Å². The number of piperidine rings is 1. The first-order valence-corrected chi connectivity index (χ1v) is 10.6. The quantitative estimate of drug-likeness (QED) is 0.447. The number of carbonyl (C=O) groups is 1. The van der Waals surface area contributed by atoms with Crippen LogP contribution in [0.1, 0.15) is 29.6 Å². The lowest BCUT2D eigenvalue weighted by Crippen LogP contribution is -2.33. The number of nitrogen functional groups attached to an aromatic ring is 1. The number of nitrogens with two attached hydrogens (primary N) is 1. The summed E-state index contributed by atoms with van der Waals surface area (Å²) in [6, 6.07) is 14.5. The topological polar surface area (TPSA) is 80.5 Å². The predicted octanol–water partition coefficient (Wildman–Crippen LogP) is 4.59. The van der Waals surface area contributed by atoms with Crippen LogP contribution in [0.5, 0.6) is 5.75 Å². The van der Waals surface area contributed by atoms with Gasteiger partial charge < -0.3 is 15.8 Å². The summed E-state index contributed by atoms with van der Waals surface area (Å²) in [5, 5.41) is 3.81. The molecule has 7 heteroatoms. The molecular weight excluding hydrogens is 400 g/mol. The van der Waals surface area contributed by atoms with Gasteiger partial charge in [0.05, 0.1) is 22.5 Å². The molecule has 2 heterocycles. The number of hydrogen-bond donors (Lipinski definition) is 2. The number of anilines is 2. The van der Waals surface area contributed by atoms with Gasteiger partial charge in [0.15, 0.2) is 0 Å². The van der Waals surface area contributed by atoms with Gasteiger partial charge in [-0.25, -0.2) is 4.98 Å². The summed E-state index contributed by atoms with van der Waals surface area (Å²) >= 11 is 6.22. The van der Waals surface area contributed by atoms with Gasteiger partial charge in [-0.05, 0) is 50.2 Å². The van der Waals surface area contributed by atoms with Crippen LogP contribution in [0.2, 0.25) is 5.15 Å². The molecule has 30 heavy (non-hydrogen) atoms. The molecule has 1 aliphatic heterocycles. The van der Waals surface area contributed by atoms with Crippen LogP contribution in [-0.4, -0.2) is 42.0 Å². The number of pyridine rings is 1. The van der Waals surface area contributed by atoms with Gasteiger partial charge >= 0.3 is 0 Å². The van der Waals surface area contributed by atoms with Gasteiger partial charge in [-0.2, -0.15) is 0 Å². The second kappa shape index (κ2) is 9.32. The number of ether oxygens (including phenoxy) is 1. The molecule has 3 N–H and O–H groups in total. The lowest BCUT2D eigenvalue weighted by atomic mass is 10.1. The minimum absolute atomic E-state index is 0.155. The molecule has 156 valence electrons. The standard InChI is InChI=1S/C23H25ClN4O2/c24-22-18(14-16-6-2-3-7-20(16)26-22)23(29)27-21-9-8-17(15-19(21)25)30-13-12-28-10-4-1-5-11-28/h2-3,6-9,14-15H,1,4-5,10-13,25H2,(H,27,29). The molecule has 1 aliphatic rings. The average molecular weight is 425 g/mol. The Hall–Kier alpha value is -2.83. The second-order valence-electron chi connectivity index (χ2n) is 7.47. The van der Waals surface area contributed by atoms with Gasteiger partial charge in [-0.3, -0.25) is 9.69 Å². The number of benzene rings is 2. The zero-order valence-electron chi connectivity index (χ0n) is 16.7. The number of nitrogens with zero attached hydrogens (tertiary/aromatic N) is 2. The highest BCUT2D eigenvalue weighted by molar-refractivity contribution is 6.34. The van der Waals surface area contributed by atoms with Gasteiger partial charge in [0, 0.05) is 18.0 Å². The first-order valence-electron chi connectivity index (χ1n) is 10.2. The van der Waals surface area contributed by atoms with E-state index in [-0.39, 0.29) is 11.1 Å². The number of halogens is 1. The molecule has 1 amide bonds. The third-order valence-corrected chi connectivity index (χ3v) is 5.61. The highest BCUT2D eigenvalue weighted by atomic mass is 35.5. The van der Waals surface area contributed by atoms with Crippen molar-refractivity contribution in [1.29, 1.82) is 0 Å². The van der Waals surface area contributed by atoms with Gasteiger partial charge in [0.2, 0.25) is 0 Å². The number of hydrogen-bond acceptors (Lipinski definition) is 5. The second-order valence-corrected chi connectivity index (χ2v) is 7.83. The maximum Gasteiger partial charge on any atom is 0.258 e. The normalized spacial score (nSPS) is 14.6. The van der Waals surface area contributed by atoms with Crippen molar-refractivity contribution in [1.82, 2.24) is 9.88 Å². The molecule has 6 nitrogen and oxygen atoms in total. The van der Waals surface area contributed by atoms with Gasteiger partial charge in [-0.15, -0.1) is 0 Å². The summed E-state index contributed by atoms with van der Waals surface area (Å²) < 4.78 is 5.84. The molecule has 1 aromatic heterocycles. The fourth-order valence-electron chi connectivity index (χ4n) is 3.66. The van der Waals surface area contributed by atoms with E-state index >= 15 is 0 Å². The Morgan fingerprint density at radius 3 is 2.73 bits per heavy atom. The highest BCUT2D eigenvalue weighted by Crippen LogP contribution is 2.27. The fourth-order valence-corrected chi connectivity index (χ4v) is 3.89. The Kier molecular flexibility index (Phi) is 6.35. The van der Waals surface area contributed by atoms with E-state index in [0.29, 0.717) is 29.3 Å². The van der Waals surface area contributed by atoms with E-state index < -0.39 is 0 Å². The first kappa shape index (κ1) is 20.4. The fraction of sp³-hybridized carbons (Fsp3) is 0.304. The average Bonchev–Trinajstić information content (AvgIpc) is 2.76. The number of rotatable bonds is 6. The van der Waals surface area contributed by atoms with Gasteiger partial charge in [0.1, 0.15) is 17.5 Å². The summed E-state index contributed by atoms with van der Waals surface area (Å²) in [4.78, 5) is 19.5. The van der Waals surface area contributed by atoms with Crippen molar-refractivity contribution in [3.63, 3.8) is 0 Å². The molecule has 1 saturated heterocycles. The Morgan fingerprint density at radius 2 is 1.93 bits per heavy atom. The third-order valence-electron chi connectivity index (χ3n) is 5.32. The number of fused-ring (bicyclic) bond motifs is 1. The van der Waals surface area contributed by atoms with E-state index in [0.717, 1.165) is 30.5 Å². The zero-order chi connectivity index (χ0) is 20.9. The minimum atomic E-state index is -0.358. The van der Waals surface area contributed by atoms with Crippen LogP contribution >= 0.6 is 11.6 Å². The van der Waals surface area contributed by atoms with Crippen LogP contribution in [0, 0.1) is 0 Å². The molecule has 2 aromatic carbocycles. The van der Waals surface area contributed by atoms with E-state index in [1.807, 2.05) is 30.3 Å². The van der Waals surface area contributed by atoms with Crippen LogP contribution < -0.4 is 15.8 Å². The van der Waals surface area contributed by atoms with Gasteiger partial charge in [0.25, 0.3) is 5.91 Å². The molecule has 0 aliphatic carbocycles. The lowest BCUT2D eigenvalue weighted by molar-refractivity contribution is 0.102. The maximum absolute atomic E-state index is 12.7. The third kappa shape index (κ3) is 4.83. The number of nitrogens with one attached hydrogen (secondary N) is 1. The number of para-hydroxylation sites is 1. The van der Waals surface area contributed by atoms with Crippen LogP contribution in [0.25, 0.3) is 10.9 Å². The largest absolute Gasteiger partial charge is 0.492 e. The van der Waals surface area contributed by atoms with E-state index in [2.05, 4.69) is 15.2 Å². The monoisotopic (exact) mass is 424 g/mol. The summed E-state index contributed by atoms with van der Waals surface area (Å²) in [6.07, 6.45) is 3.84. The molecule has 4 rings (SSSR count). The minimum Gasteiger partial charge on any atom is -0.492 e. The van der Waals surface area contributed by atoms with E-state index in [9.17, 15) is 4.79 Å². The molecule has 3 aromatic rings. The maximum atomic E-state index is 12.7. The van der Waals surface area contributed by atoms with Crippen LogP contribution in [0.4, 0.5) is 11.4 Å². The summed E-state index contributed by atoms with van der Waals surface area (Å²) in [7, 11) is 0. The molecule has 1 fully saturated rings. The van der Waals surface area contributed by atoms with Crippen LogP contribution in [0.3, 0.4) is 0 Å². The van der Waals surface area contributed by atoms with Crippen molar-refractivity contribution in [2.45, 2.75) is 19.3 Å². The summed E-state index contributed by atoms with van der Waals surface area (Å²) in [6.45, 7) is 3.81. The predicted molar refractivity (Wildman–Crippen MR) is 121 cm³/mol. The number of aromatic nitrogens is 1. The summed E-state index contributed by atoms with van der Waals surface area (Å²) in [5.41, 5.74) is 8.12. The number of likely N-dealkylation sites (tertiary alicyclic amines) is 1. The molecule has 0 spiro atoms. The Balaban J connectivity index is 1.39. The van der Waals surface area contributed by atoms with Crippen LogP contribution in [0.15, 0.2) is 48.5 Å². The summed E-state index contributed by atoms with van der Waals surface area (Å²) in [5.74, 6) is 0.330.